The average Bonchev–Trinajstić information content (AvgIpc) is 3.33. The highest BCUT2D eigenvalue weighted by Gasteiger charge is 2.37. The van der Waals surface area contributed by atoms with Crippen LogP contribution in [0.25, 0.3) is 16.8 Å². The molecule has 4 aromatic rings. The Hall–Kier alpha value is -3.92. The Bertz CT molecular complexity index is 1530. The second-order valence-electron chi connectivity index (χ2n) is 10.3. The minimum absolute atomic E-state index is 0.00342. The fourth-order valence-electron chi connectivity index (χ4n) is 5.76. The zero-order valence-electron chi connectivity index (χ0n) is 21.4. The van der Waals surface area contributed by atoms with Crippen LogP contribution in [0.1, 0.15) is 54.1 Å². The van der Waals surface area contributed by atoms with Gasteiger partial charge < -0.3 is 15.4 Å². The molecule has 10 heteroatoms. The number of morpholine rings is 1. The summed E-state index contributed by atoms with van der Waals surface area (Å²) in [5.41, 5.74) is 9.35. The highest BCUT2D eigenvalue weighted by atomic mass is 19.4. The van der Waals surface area contributed by atoms with Gasteiger partial charge >= 0.3 is 6.18 Å². The van der Waals surface area contributed by atoms with Crippen molar-refractivity contribution in [1.82, 2.24) is 19.3 Å². The van der Waals surface area contributed by atoms with Crippen LogP contribution in [-0.2, 0) is 15.7 Å². The Balaban J connectivity index is 1.33. The summed E-state index contributed by atoms with van der Waals surface area (Å²) in [7, 11) is 0. The summed E-state index contributed by atoms with van der Waals surface area (Å²) in [6, 6.07) is 13.2. The van der Waals surface area contributed by atoms with Gasteiger partial charge in [-0.3, -0.25) is 9.20 Å². The van der Waals surface area contributed by atoms with Crippen molar-refractivity contribution in [2.24, 2.45) is 0 Å². The van der Waals surface area contributed by atoms with E-state index in [1.807, 2.05) is 46.7 Å². The lowest BCUT2D eigenvalue weighted by Gasteiger charge is -2.41. The lowest BCUT2D eigenvalue weighted by atomic mass is 9.91. The molecule has 2 aromatic heterocycles. The molecule has 2 fully saturated rings. The zero-order chi connectivity index (χ0) is 27.3. The number of nitrogens with zero attached hydrogens (tertiary/aromatic N) is 4. The molecule has 4 heterocycles. The molecule has 0 radical (unpaired) electrons. The van der Waals surface area contributed by atoms with E-state index in [-0.39, 0.29) is 30.4 Å². The maximum atomic E-state index is 13.2. The molecule has 6 rings (SSSR count). The van der Waals surface area contributed by atoms with E-state index >= 15 is 0 Å². The lowest BCUT2D eigenvalue weighted by Crippen LogP contribution is -2.53. The summed E-state index contributed by atoms with van der Waals surface area (Å²) in [6.45, 7) is 3.13. The minimum atomic E-state index is -4.39. The smallest absolute Gasteiger partial charge is 0.382 e. The molecule has 0 spiro atoms. The largest absolute Gasteiger partial charge is 0.416 e. The van der Waals surface area contributed by atoms with Crippen LogP contribution >= 0.6 is 0 Å². The second kappa shape index (κ2) is 9.68. The number of amides is 1. The Morgan fingerprint density at radius 2 is 1.90 bits per heavy atom. The van der Waals surface area contributed by atoms with Gasteiger partial charge in [0.25, 0.3) is 0 Å². The first kappa shape index (κ1) is 25.4. The molecule has 0 saturated carbocycles. The summed E-state index contributed by atoms with van der Waals surface area (Å²) in [5, 5.41) is 0. The number of hydrogen-bond acceptors (Lipinski definition) is 5. The van der Waals surface area contributed by atoms with Gasteiger partial charge in [0.05, 0.1) is 18.2 Å². The number of anilines is 1. The van der Waals surface area contributed by atoms with Gasteiger partial charge in [-0.25, -0.2) is 9.97 Å². The number of alkyl halides is 3. The number of ether oxygens (including phenoxy) is 1. The molecule has 0 bridgehead atoms. The molecule has 2 N–H and O–H groups in total. The fourth-order valence-corrected chi connectivity index (χ4v) is 5.76. The van der Waals surface area contributed by atoms with E-state index in [9.17, 15) is 18.0 Å². The van der Waals surface area contributed by atoms with Crippen molar-refractivity contribution in [3.8, 4) is 11.3 Å². The van der Waals surface area contributed by atoms with Crippen molar-refractivity contribution < 1.29 is 22.7 Å². The Morgan fingerprint density at radius 3 is 2.67 bits per heavy atom. The van der Waals surface area contributed by atoms with E-state index in [2.05, 4.69) is 4.98 Å². The Morgan fingerprint density at radius 1 is 1.10 bits per heavy atom. The third-order valence-corrected chi connectivity index (χ3v) is 7.94. The van der Waals surface area contributed by atoms with Crippen molar-refractivity contribution in [3.05, 3.63) is 83.4 Å². The average molecular weight is 536 g/mol. The van der Waals surface area contributed by atoms with Gasteiger partial charge in [0, 0.05) is 36.3 Å². The number of hydrogen-bond donors (Lipinski definition) is 1. The van der Waals surface area contributed by atoms with Crippen LogP contribution in [0.5, 0.6) is 0 Å². The van der Waals surface area contributed by atoms with Crippen LogP contribution in [0.2, 0.25) is 0 Å². The number of halogens is 3. The Kier molecular flexibility index (Phi) is 6.29. The summed E-state index contributed by atoms with van der Waals surface area (Å²) >= 11 is 0. The van der Waals surface area contributed by atoms with Gasteiger partial charge in [-0.15, -0.1) is 0 Å². The van der Waals surface area contributed by atoms with E-state index in [0.29, 0.717) is 35.7 Å². The number of imidazole rings is 1. The quantitative estimate of drug-likeness (QED) is 0.386. The maximum absolute atomic E-state index is 13.2. The van der Waals surface area contributed by atoms with Crippen LogP contribution in [0, 0.1) is 0 Å². The molecule has 202 valence electrons. The molecule has 39 heavy (non-hydrogen) atoms. The molecule has 2 saturated heterocycles. The third-order valence-electron chi connectivity index (χ3n) is 7.94. The summed E-state index contributed by atoms with van der Waals surface area (Å²) in [6.07, 6.45) is 0.800. The molecule has 2 aromatic carbocycles. The van der Waals surface area contributed by atoms with Crippen molar-refractivity contribution in [2.45, 2.75) is 43.8 Å². The molecule has 7 nitrogen and oxygen atoms in total. The SMILES string of the molecule is C[C@@H](c1ccc(-c2nc([C@@H]3CC[C@H]4COCC(=O)N4C3)n3ccnc(N)c23)cc1)c1cccc(C(F)(F)F)c1. The minimum Gasteiger partial charge on any atom is -0.382 e. The molecular weight excluding hydrogens is 507 g/mol. The first-order valence-electron chi connectivity index (χ1n) is 13.0. The molecule has 0 unspecified atom stereocenters. The van der Waals surface area contributed by atoms with Crippen LogP contribution in [0.15, 0.2) is 60.9 Å². The van der Waals surface area contributed by atoms with Crippen molar-refractivity contribution in [2.75, 3.05) is 25.5 Å². The molecule has 2 aliphatic rings. The number of nitrogens with two attached hydrogens (primary N) is 1. The van der Waals surface area contributed by atoms with Gasteiger partial charge in [0.1, 0.15) is 29.5 Å². The number of aromatic nitrogens is 3. The van der Waals surface area contributed by atoms with E-state index in [4.69, 9.17) is 15.5 Å². The van der Waals surface area contributed by atoms with Gasteiger partial charge in [-0.2, -0.15) is 13.2 Å². The monoisotopic (exact) mass is 535 g/mol. The van der Waals surface area contributed by atoms with Crippen LogP contribution < -0.4 is 5.73 Å². The molecule has 3 atom stereocenters. The summed E-state index contributed by atoms with van der Waals surface area (Å²) in [4.78, 5) is 23.7. The molecule has 0 aliphatic carbocycles. The molecular formula is C29H28F3N5O2. The van der Waals surface area contributed by atoms with Gasteiger partial charge in [0.2, 0.25) is 5.91 Å². The first-order chi connectivity index (χ1) is 18.7. The maximum Gasteiger partial charge on any atom is 0.416 e. The predicted octanol–water partition coefficient (Wildman–Crippen LogP) is 5.25. The van der Waals surface area contributed by atoms with Gasteiger partial charge in [-0.1, -0.05) is 49.4 Å². The Labute approximate surface area is 223 Å². The molecule has 1 amide bonds. The van der Waals surface area contributed by atoms with Crippen LogP contribution in [-0.4, -0.2) is 51.0 Å². The van der Waals surface area contributed by atoms with Crippen molar-refractivity contribution >= 4 is 17.2 Å². The van der Waals surface area contributed by atoms with Gasteiger partial charge in [-0.05, 0) is 30.0 Å². The topological polar surface area (TPSA) is 85.8 Å². The van der Waals surface area contributed by atoms with E-state index < -0.39 is 11.7 Å². The van der Waals surface area contributed by atoms with E-state index in [1.54, 1.807) is 12.3 Å². The highest BCUT2D eigenvalue weighted by molar-refractivity contribution is 5.85. The number of benzene rings is 2. The number of carbonyl (C=O) groups excluding carboxylic acids is 1. The van der Waals surface area contributed by atoms with E-state index in [1.165, 1.54) is 12.1 Å². The van der Waals surface area contributed by atoms with Gasteiger partial charge in [0.15, 0.2) is 0 Å². The standard InChI is InChI=1S/C29H28F3N5O2/c1-17(20-3-2-4-22(13-20)29(30,31)32)18-5-7-19(8-6-18)25-26-27(33)34-11-12-36(26)28(35-25)21-9-10-23-15-39-16-24(38)37(23)14-21/h2-8,11-13,17,21,23H,9-10,14-16H2,1H3,(H2,33,34)/t17-,21+,23-/m0/s1. The summed E-state index contributed by atoms with van der Waals surface area (Å²) in [5.74, 6) is 0.982. The third kappa shape index (κ3) is 4.63. The normalized spacial score (nSPS) is 20.7. The van der Waals surface area contributed by atoms with Crippen molar-refractivity contribution in [3.63, 3.8) is 0 Å². The number of fused-ring (bicyclic) bond motifs is 2. The fraction of sp³-hybridized carbons (Fsp3) is 0.345. The highest BCUT2D eigenvalue weighted by Crippen LogP contribution is 2.37. The second-order valence-corrected chi connectivity index (χ2v) is 10.3. The zero-order valence-corrected chi connectivity index (χ0v) is 21.4. The molecule has 2 aliphatic heterocycles. The number of piperidine rings is 1. The van der Waals surface area contributed by atoms with Crippen LogP contribution in [0.3, 0.4) is 0 Å². The number of rotatable bonds is 4. The summed E-state index contributed by atoms with van der Waals surface area (Å²) < 4.78 is 47.1. The predicted molar refractivity (Wildman–Crippen MR) is 140 cm³/mol. The van der Waals surface area contributed by atoms with E-state index in [0.717, 1.165) is 35.9 Å². The number of carbonyl (C=O) groups is 1. The number of nitrogen functional groups attached to an aromatic ring is 1. The first-order valence-corrected chi connectivity index (χ1v) is 13.0. The van der Waals surface area contributed by atoms with Crippen LogP contribution in [0.4, 0.5) is 19.0 Å². The lowest BCUT2D eigenvalue weighted by molar-refractivity contribution is -0.151. The van der Waals surface area contributed by atoms with Crippen molar-refractivity contribution in [1.29, 1.82) is 0 Å².